The molecule has 0 saturated heterocycles. The molecule has 0 atom stereocenters. The zero-order chi connectivity index (χ0) is 12.7. The topological polar surface area (TPSA) is 33.0 Å². The summed E-state index contributed by atoms with van der Waals surface area (Å²) in [4.78, 5) is 0. The number of benzene rings is 1. The first kappa shape index (κ1) is 13.4. The van der Waals surface area contributed by atoms with Crippen molar-refractivity contribution in [3.63, 3.8) is 0 Å². The van der Waals surface area contributed by atoms with Crippen molar-refractivity contribution in [3.05, 3.63) is 29.8 Å². The first-order valence-electron chi connectivity index (χ1n) is 5.21. The molecule has 17 heavy (non-hydrogen) atoms. The molecule has 0 bridgehead atoms. The van der Waals surface area contributed by atoms with Crippen LogP contribution in [0.15, 0.2) is 24.3 Å². The summed E-state index contributed by atoms with van der Waals surface area (Å²) in [7, 11) is 0. The average molecular weight is 243 g/mol. The smallest absolute Gasteiger partial charge is 0.416 e. The van der Waals surface area contributed by atoms with Crippen LogP contribution < -0.4 is 4.74 Å². The first-order chi connectivity index (χ1) is 8.04. The van der Waals surface area contributed by atoms with Crippen LogP contribution >= 0.6 is 0 Å². The van der Waals surface area contributed by atoms with E-state index in [1.165, 1.54) is 12.1 Å². The average Bonchev–Trinajstić information content (AvgIpc) is 2.28. The molecule has 0 spiro atoms. The van der Waals surface area contributed by atoms with Crippen molar-refractivity contribution in [1.29, 1.82) is 5.26 Å². The maximum absolute atomic E-state index is 12.4. The van der Waals surface area contributed by atoms with Crippen molar-refractivity contribution in [1.82, 2.24) is 0 Å². The van der Waals surface area contributed by atoms with Crippen molar-refractivity contribution >= 4 is 0 Å². The maximum atomic E-state index is 12.4. The van der Waals surface area contributed by atoms with Gasteiger partial charge in [0.2, 0.25) is 0 Å². The van der Waals surface area contributed by atoms with Gasteiger partial charge in [0.1, 0.15) is 5.75 Å². The molecule has 0 aliphatic rings. The third kappa shape index (κ3) is 4.77. The summed E-state index contributed by atoms with van der Waals surface area (Å²) >= 11 is 0. The Labute approximate surface area is 97.6 Å². The van der Waals surface area contributed by atoms with Crippen LogP contribution in [0.5, 0.6) is 5.75 Å². The van der Waals surface area contributed by atoms with Crippen molar-refractivity contribution in [2.45, 2.75) is 25.4 Å². The summed E-state index contributed by atoms with van der Waals surface area (Å²) < 4.78 is 42.3. The lowest BCUT2D eigenvalue weighted by Crippen LogP contribution is -2.05. The van der Waals surface area contributed by atoms with Gasteiger partial charge in [-0.05, 0) is 31.0 Å². The molecular formula is C12H12F3NO. The van der Waals surface area contributed by atoms with Crippen molar-refractivity contribution in [3.8, 4) is 11.8 Å². The van der Waals surface area contributed by atoms with Crippen LogP contribution in [0.4, 0.5) is 13.2 Å². The summed E-state index contributed by atoms with van der Waals surface area (Å²) in [5.41, 5.74) is -0.716. The molecule has 0 N–H and O–H groups in total. The van der Waals surface area contributed by atoms with Gasteiger partial charge in [-0.15, -0.1) is 0 Å². The number of unbranched alkanes of at least 4 members (excludes halogenated alkanes) is 2. The number of halogens is 3. The number of rotatable bonds is 5. The Kier molecular flexibility index (Phi) is 4.83. The molecular weight excluding hydrogens is 231 g/mol. The van der Waals surface area contributed by atoms with Crippen LogP contribution in [0.25, 0.3) is 0 Å². The number of hydrogen-bond donors (Lipinski definition) is 0. The quantitative estimate of drug-likeness (QED) is 0.737. The number of hydrogen-bond acceptors (Lipinski definition) is 2. The number of nitrogens with zero attached hydrogens (tertiary/aromatic N) is 1. The van der Waals surface area contributed by atoms with Gasteiger partial charge in [-0.3, -0.25) is 0 Å². The molecule has 0 heterocycles. The predicted molar refractivity (Wildman–Crippen MR) is 56.4 cm³/mol. The Bertz CT molecular complexity index is 395. The minimum absolute atomic E-state index is 0.205. The summed E-state index contributed by atoms with van der Waals surface area (Å²) in [6.45, 7) is 0.322. The van der Waals surface area contributed by atoms with Crippen LogP contribution in [0.3, 0.4) is 0 Å². The molecule has 0 unspecified atom stereocenters. The highest BCUT2D eigenvalue weighted by atomic mass is 19.4. The third-order valence-electron chi connectivity index (χ3n) is 2.11. The van der Waals surface area contributed by atoms with E-state index in [1.54, 1.807) is 0 Å². The van der Waals surface area contributed by atoms with E-state index >= 15 is 0 Å². The van der Waals surface area contributed by atoms with E-state index in [4.69, 9.17) is 10.00 Å². The van der Waals surface area contributed by atoms with Crippen molar-refractivity contribution in [2.24, 2.45) is 0 Å². The van der Waals surface area contributed by atoms with Gasteiger partial charge in [-0.1, -0.05) is 6.07 Å². The Morgan fingerprint density at radius 3 is 2.65 bits per heavy atom. The SMILES string of the molecule is N#CCCCCOc1cccc(C(F)(F)F)c1. The van der Waals surface area contributed by atoms with E-state index in [0.29, 0.717) is 25.9 Å². The molecule has 92 valence electrons. The molecule has 0 fully saturated rings. The van der Waals surface area contributed by atoms with Gasteiger partial charge >= 0.3 is 6.18 Å². The van der Waals surface area contributed by atoms with E-state index < -0.39 is 11.7 Å². The van der Waals surface area contributed by atoms with Gasteiger partial charge in [0.05, 0.1) is 18.2 Å². The van der Waals surface area contributed by atoms with Crippen LogP contribution in [0.1, 0.15) is 24.8 Å². The zero-order valence-corrected chi connectivity index (χ0v) is 9.13. The molecule has 0 radical (unpaired) electrons. The van der Waals surface area contributed by atoms with E-state index in [-0.39, 0.29) is 5.75 Å². The van der Waals surface area contributed by atoms with Gasteiger partial charge in [0.15, 0.2) is 0 Å². The number of nitriles is 1. The summed E-state index contributed by atoms with van der Waals surface area (Å²) in [5, 5.41) is 8.29. The summed E-state index contributed by atoms with van der Waals surface area (Å²) in [5.74, 6) is 0.205. The number of ether oxygens (including phenoxy) is 1. The molecule has 5 heteroatoms. The monoisotopic (exact) mass is 243 g/mol. The molecule has 0 aliphatic heterocycles. The number of alkyl halides is 3. The summed E-state index contributed by atoms with van der Waals surface area (Å²) in [6.07, 6.45) is -2.56. The second-order valence-corrected chi connectivity index (χ2v) is 3.49. The van der Waals surface area contributed by atoms with Crippen LogP contribution in [0, 0.1) is 11.3 Å². The Morgan fingerprint density at radius 2 is 2.00 bits per heavy atom. The lowest BCUT2D eigenvalue weighted by molar-refractivity contribution is -0.137. The molecule has 1 aromatic carbocycles. The summed E-state index contributed by atoms with van der Waals surface area (Å²) in [6, 6.07) is 6.77. The molecule has 0 saturated carbocycles. The highest BCUT2D eigenvalue weighted by molar-refractivity contribution is 5.30. The lowest BCUT2D eigenvalue weighted by Gasteiger charge is -2.09. The fraction of sp³-hybridized carbons (Fsp3) is 0.417. The van der Waals surface area contributed by atoms with Crippen molar-refractivity contribution < 1.29 is 17.9 Å². The third-order valence-corrected chi connectivity index (χ3v) is 2.11. The second kappa shape index (κ2) is 6.14. The Hall–Kier alpha value is -1.70. The van der Waals surface area contributed by atoms with Gasteiger partial charge < -0.3 is 4.74 Å². The highest BCUT2D eigenvalue weighted by Gasteiger charge is 2.30. The minimum Gasteiger partial charge on any atom is -0.494 e. The molecule has 2 nitrogen and oxygen atoms in total. The Morgan fingerprint density at radius 1 is 1.24 bits per heavy atom. The van der Waals surface area contributed by atoms with Gasteiger partial charge in [0.25, 0.3) is 0 Å². The first-order valence-corrected chi connectivity index (χ1v) is 5.21. The fourth-order valence-electron chi connectivity index (χ4n) is 1.26. The molecule has 1 aromatic rings. The maximum Gasteiger partial charge on any atom is 0.416 e. The fourth-order valence-corrected chi connectivity index (χ4v) is 1.26. The largest absolute Gasteiger partial charge is 0.494 e. The lowest BCUT2D eigenvalue weighted by atomic mass is 10.2. The highest BCUT2D eigenvalue weighted by Crippen LogP contribution is 2.31. The standard InChI is InChI=1S/C12H12F3NO/c13-12(14,15)10-5-4-6-11(9-10)17-8-3-1-2-7-16/h4-6,9H,1-3,8H2. The molecule has 1 rings (SSSR count). The zero-order valence-electron chi connectivity index (χ0n) is 9.13. The normalized spacial score (nSPS) is 10.9. The van der Waals surface area contributed by atoms with E-state index in [0.717, 1.165) is 12.1 Å². The minimum atomic E-state index is -4.35. The molecule has 0 aliphatic carbocycles. The van der Waals surface area contributed by atoms with E-state index in [9.17, 15) is 13.2 Å². The molecule has 0 amide bonds. The van der Waals surface area contributed by atoms with Crippen molar-refractivity contribution in [2.75, 3.05) is 6.61 Å². The van der Waals surface area contributed by atoms with E-state index in [2.05, 4.69) is 0 Å². The van der Waals surface area contributed by atoms with Crippen LogP contribution in [-0.4, -0.2) is 6.61 Å². The van der Waals surface area contributed by atoms with Crippen LogP contribution in [-0.2, 0) is 6.18 Å². The van der Waals surface area contributed by atoms with Gasteiger partial charge in [0, 0.05) is 6.42 Å². The van der Waals surface area contributed by atoms with Gasteiger partial charge in [-0.25, -0.2) is 0 Å². The second-order valence-electron chi connectivity index (χ2n) is 3.49. The predicted octanol–water partition coefficient (Wildman–Crippen LogP) is 3.78. The van der Waals surface area contributed by atoms with E-state index in [1.807, 2.05) is 6.07 Å². The Balaban J connectivity index is 2.47. The van der Waals surface area contributed by atoms with Crippen LogP contribution in [0.2, 0.25) is 0 Å². The van der Waals surface area contributed by atoms with Gasteiger partial charge in [-0.2, -0.15) is 18.4 Å². The molecule has 0 aromatic heterocycles.